The molecule has 2 atom stereocenters. The number of anilines is 1. The third-order valence-electron chi connectivity index (χ3n) is 4.69. The van der Waals surface area contributed by atoms with Gasteiger partial charge in [0.1, 0.15) is 0 Å². The number of rotatable bonds is 4. The average molecular weight is 313 g/mol. The Hall–Kier alpha value is -2.87. The van der Waals surface area contributed by atoms with Crippen molar-refractivity contribution in [1.82, 2.24) is 0 Å². The van der Waals surface area contributed by atoms with E-state index in [-0.39, 0.29) is 17.9 Å². The van der Waals surface area contributed by atoms with Crippen LogP contribution in [0, 0.1) is 5.92 Å². The van der Waals surface area contributed by atoms with Gasteiger partial charge in [-0.15, -0.1) is 0 Å². The molecule has 1 fully saturated rings. The van der Waals surface area contributed by atoms with Gasteiger partial charge in [-0.25, -0.2) is 0 Å². The smallest absolute Gasteiger partial charge is 0.233 e. The van der Waals surface area contributed by atoms with Gasteiger partial charge in [0.05, 0.1) is 12.0 Å². The van der Waals surface area contributed by atoms with Crippen molar-refractivity contribution in [1.29, 1.82) is 0 Å². The molecule has 0 aromatic heterocycles. The molecule has 1 amide bonds. The first kappa shape index (κ1) is 14.7. The van der Waals surface area contributed by atoms with Crippen LogP contribution in [0.1, 0.15) is 17.2 Å². The largest absolute Gasteiger partial charge is 0.304 e. The Balaban J connectivity index is 1.68. The predicted octanol–water partition coefficient (Wildman–Crippen LogP) is 4.63. The van der Waals surface area contributed by atoms with Crippen molar-refractivity contribution >= 4 is 11.6 Å². The van der Waals surface area contributed by atoms with Crippen LogP contribution >= 0.6 is 0 Å². The molecule has 4 rings (SSSR count). The van der Waals surface area contributed by atoms with Crippen LogP contribution in [0.5, 0.6) is 0 Å². The van der Waals surface area contributed by atoms with E-state index in [9.17, 15) is 4.79 Å². The highest BCUT2D eigenvalue weighted by atomic mass is 16.2. The first-order valence-corrected chi connectivity index (χ1v) is 8.31. The molecule has 118 valence electrons. The van der Waals surface area contributed by atoms with Crippen LogP contribution in [0.4, 0.5) is 5.69 Å². The van der Waals surface area contributed by atoms with Gasteiger partial charge in [0.2, 0.25) is 5.91 Å². The van der Waals surface area contributed by atoms with E-state index in [4.69, 9.17) is 0 Å². The number of hydrogen-bond acceptors (Lipinski definition) is 1. The fourth-order valence-corrected chi connectivity index (χ4v) is 3.52. The quantitative estimate of drug-likeness (QED) is 0.643. The maximum Gasteiger partial charge on any atom is 0.233 e. The van der Waals surface area contributed by atoms with E-state index in [1.165, 1.54) is 11.1 Å². The number of carbonyl (C=O) groups excluding carboxylic acids is 1. The number of amides is 1. The number of hydrogen-bond donors (Lipinski definition) is 0. The minimum atomic E-state index is -0.00462. The van der Waals surface area contributed by atoms with Gasteiger partial charge in [-0.2, -0.15) is 0 Å². The summed E-state index contributed by atoms with van der Waals surface area (Å²) in [4.78, 5) is 14.8. The van der Waals surface area contributed by atoms with E-state index in [0.717, 1.165) is 12.1 Å². The molecule has 24 heavy (non-hydrogen) atoms. The number of β-lactam (4-membered cyclic amide) rings is 1. The number of nitrogens with zero attached hydrogens (tertiary/aromatic N) is 1. The van der Waals surface area contributed by atoms with Gasteiger partial charge in [0.25, 0.3) is 0 Å². The zero-order valence-corrected chi connectivity index (χ0v) is 13.4. The van der Waals surface area contributed by atoms with E-state index in [2.05, 4.69) is 24.3 Å². The standard InChI is InChI=1S/C22H19NO/c24-22-20(16-17-10-4-1-5-11-17)21(18-12-6-2-7-13-18)23(22)19-14-8-3-9-15-19/h1-15,20-21H,16H2/t20-,21+/m1/s1. The van der Waals surface area contributed by atoms with Crippen LogP contribution in [0.15, 0.2) is 91.0 Å². The number of carbonyl (C=O) groups is 1. The zero-order chi connectivity index (χ0) is 16.4. The number of para-hydroxylation sites is 1. The van der Waals surface area contributed by atoms with E-state index in [1.807, 2.05) is 71.6 Å². The maximum absolute atomic E-state index is 12.9. The lowest BCUT2D eigenvalue weighted by atomic mass is 9.78. The first-order valence-electron chi connectivity index (χ1n) is 8.31. The summed E-state index contributed by atoms with van der Waals surface area (Å²) in [5, 5.41) is 0. The van der Waals surface area contributed by atoms with Crippen molar-refractivity contribution in [3.8, 4) is 0 Å². The van der Waals surface area contributed by atoms with E-state index < -0.39 is 0 Å². The Labute approximate surface area is 142 Å². The van der Waals surface area contributed by atoms with E-state index >= 15 is 0 Å². The fourth-order valence-electron chi connectivity index (χ4n) is 3.52. The summed E-state index contributed by atoms with van der Waals surface area (Å²) in [6.45, 7) is 0. The number of benzene rings is 3. The Morgan fingerprint density at radius 2 is 1.25 bits per heavy atom. The molecular weight excluding hydrogens is 294 g/mol. The van der Waals surface area contributed by atoms with Crippen LogP contribution in [0.3, 0.4) is 0 Å². The normalized spacial score (nSPS) is 19.8. The summed E-state index contributed by atoms with van der Waals surface area (Å²) in [6.07, 6.45) is 0.780. The molecule has 1 heterocycles. The highest BCUT2D eigenvalue weighted by Crippen LogP contribution is 2.44. The van der Waals surface area contributed by atoms with Gasteiger partial charge in [-0.3, -0.25) is 4.79 Å². The van der Waals surface area contributed by atoms with Crippen LogP contribution < -0.4 is 4.90 Å². The molecule has 0 N–H and O–H groups in total. The molecule has 2 nitrogen and oxygen atoms in total. The van der Waals surface area contributed by atoms with Crippen LogP contribution in [0.25, 0.3) is 0 Å². The molecule has 0 saturated carbocycles. The molecule has 0 radical (unpaired) electrons. The highest BCUT2D eigenvalue weighted by Gasteiger charge is 2.48. The van der Waals surface area contributed by atoms with Gasteiger partial charge >= 0.3 is 0 Å². The topological polar surface area (TPSA) is 20.3 Å². The van der Waals surface area contributed by atoms with Gasteiger partial charge in [0, 0.05) is 5.69 Å². The maximum atomic E-state index is 12.9. The molecule has 0 aliphatic carbocycles. The minimum absolute atomic E-state index is 0.00462. The van der Waals surface area contributed by atoms with E-state index in [1.54, 1.807) is 0 Å². The van der Waals surface area contributed by atoms with Crippen molar-refractivity contribution < 1.29 is 4.79 Å². The highest BCUT2D eigenvalue weighted by molar-refractivity contribution is 6.03. The second kappa shape index (κ2) is 6.32. The third kappa shape index (κ3) is 2.61. The van der Waals surface area contributed by atoms with Crippen molar-refractivity contribution in [3.63, 3.8) is 0 Å². The zero-order valence-electron chi connectivity index (χ0n) is 13.4. The molecule has 0 bridgehead atoms. The van der Waals surface area contributed by atoms with Crippen molar-refractivity contribution in [2.45, 2.75) is 12.5 Å². The van der Waals surface area contributed by atoms with Crippen molar-refractivity contribution in [2.75, 3.05) is 4.90 Å². The molecule has 3 aromatic rings. The average Bonchev–Trinajstić information content (AvgIpc) is 2.66. The molecule has 1 saturated heterocycles. The van der Waals surface area contributed by atoms with Crippen LogP contribution in [0.2, 0.25) is 0 Å². The second-order valence-corrected chi connectivity index (χ2v) is 6.20. The lowest BCUT2D eigenvalue weighted by Gasteiger charge is -2.47. The Bertz CT molecular complexity index is 814. The molecule has 1 aliphatic heterocycles. The van der Waals surface area contributed by atoms with Gasteiger partial charge in [-0.1, -0.05) is 78.9 Å². The summed E-state index contributed by atoms with van der Waals surface area (Å²) in [6, 6.07) is 30.7. The molecule has 2 heteroatoms. The molecule has 1 aliphatic rings. The lowest BCUT2D eigenvalue weighted by molar-refractivity contribution is -0.130. The van der Waals surface area contributed by atoms with Crippen molar-refractivity contribution in [2.24, 2.45) is 5.92 Å². The monoisotopic (exact) mass is 313 g/mol. The molecule has 3 aromatic carbocycles. The first-order chi connectivity index (χ1) is 11.8. The SMILES string of the molecule is O=C1[C@H](Cc2ccccc2)[C@H](c2ccccc2)N1c1ccccc1. The van der Waals surface area contributed by atoms with Crippen molar-refractivity contribution in [3.05, 3.63) is 102 Å². The van der Waals surface area contributed by atoms with Crippen LogP contribution in [-0.4, -0.2) is 5.91 Å². The summed E-state index contributed by atoms with van der Waals surface area (Å²) >= 11 is 0. The summed E-state index contributed by atoms with van der Waals surface area (Å²) in [7, 11) is 0. The second-order valence-electron chi connectivity index (χ2n) is 6.20. The third-order valence-corrected chi connectivity index (χ3v) is 4.69. The molecule has 0 unspecified atom stereocenters. The fraction of sp³-hybridized carbons (Fsp3) is 0.136. The Kier molecular flexibility index (Phi) is 3.87. The lowest BCUT2D eigenvalue weighted by Crippen LogP contribution is -2.56. The summed E-state index contributed by atoms with van der Waals surface area (Å²) in [5.41, 5.74) is 3.38. The Morgan fingerprint density at radius 3 is 1.88 bits per heavy atom. The Morgan fingerprint density at radius 1 is 0.708 bits per heavy atom. The minimum Gasteiger partial charge on any atom is -0.304 e. The summed E-state index contributed by atoms with van der Waals surface area (Å²) < 4.78 is 0. The van der Waals surface area contributed by atoms with E-state index in [0.29, 0.717) is 0 Å². The van der Waals surface area contributed by atoms with Gasteiger partial charge in [0.15, 0.2) is 0 Å². The summed E-state index contributed by atoms with van der Waals surface area (Å²) in [5.74, 6) is 0.203. The van der Waals surface area contributed by atoms with Gasteiger partial charge < -0.3 is 4.90 Å². The molecular formula is C22H19NO. The van der Waals surface area contributed by atoms with Crippen LogP contribution in [-0.2, 0) is 11.2 Å². The van der Waals surface area contributed by atoms with Gasteiger partial charge in [-0.05, 0) is 29.7 Å². The predicted molar refractivity (Wildman–Crippen MR) is 96.7 cm³/mol. The molecule has 0 spiro atoms.